The van der Waals surface area contributed by atoms with E-state index in [4.69, 9.17) is 10.5 Å². The zero-order valence-electron chi connectivity index (χ0n) is 12.0. The molecule has 1 aromatic heterocycles. The second-order valence-corrected chi connectivity index (χ2v) is 4.85. The minimum atomic E-state index is 0.571. The highest BCUT2D eigenvalue weighted by molar-refractivity contribution is 5.71. The van der Waals surface area contributed by atoms with Crippen LogP contribution < -0.4 is 10.5 Å². The number of rotatable bonds is 4. The molecule has 0 atom stereocenters. The summed E-state index contributed by atoms with van der Waals surface area (Å²) in [4.78, 5) is 0. The molecular weight excluding hydrogens is 238 g/mol. The molecule has 0 aliphatic heterocycles. The average Bonchev–Trinajstić information content (AvgIpc) is 2.70. The molecule has 4 nitrogen and oxygen atoms in total. The summed E-state index contributed by atoms with van der Waals surface area (Å²) >= 11 is 0. The Morgan fingerprint density at radius 3 is 2.58 bits per heavy atom. The normalized spacial score (nSPS) is 10.8. The number of benzene rings is 1. The fourth-order valence-corrected chi connectivity index (χ4v) is 2.47. The summed E-state index contributed by atoms with van der Waals surface area (Å²) in [7, 11) is 1.71. The van der Waals surface area contributed by atoms with Crippen LogP contribution in [-0.2, 0) is 6.54 Å². The van der Waals surface area contributed by atoms with Crippen LogP contribution in [0.25, 0.3) is 11.3 Å². The van der Waals surface area contributed by atoms with Crippen molar-refractivity contribution in [3.05, 3.63) is 35.0 Å². The van der Waals surface area contributed by atoms with E-state index in [9.17, 15) is 0 Å². The van der Waals surface area contributed by atoms with Gasteiger partial charge in [0.05, 0.1) is 25.0 Å². The average molecular weight is 259 g/mol. The van der Waals surface area contributed by atoms with Crippen molar-refractivity contribution in [2.24, 2.45) is 5.73 Å². The number of methoxy groups -OCH3 is 1. The third kappa shape index (κ3) is 2.63. The first-order valence-corrected chi connectivity index (χ1v) is 6.47. The lowest BCUT2D eigenvalue weighted by atomic mass is 10.0. The van der Waals surface area contributed by atoms with Gasteiger partial charge in [0, 0.05) is 12.1 Å². The van der Waals surface area contributed by atoms with Gasteiger partial charge in [-0.3, -0.25) is 4.68 Å². The molecule has 0 aliphatic carbocycles. The monoisotopic (exact) mass is 259 g/mol. The van der Waals surface area contributed by atoms with Crippen LogP contribution in [0, 0.1) is 20.8 Å². The number of hydrogen-bond acceptors (Lipinski definition) is 3. The molecule has 4 heteroatoms. The maximum atomic E-state index is 5.66. The predicted octanol–water partition coefficient (Wildman–Crippen LogP) is 2.44. The lowest BCUT2D eigenvalue weighted by Crippen LogP contribution is -2.12. The van der Waals surface area contributed by atoms with Gasteiger partial charge in [0.2, 0.25) is 0 Å². The van der Waals surface area contributed by atoms with Gasteiger partial charge in [-0.25, -0.2) is 0 Å². The second kappa shape index (κ2) is 5.45. The van der Waals surface area contributed by atoms with Crippen molar-refractivity contribution in [1.82, 2.24) is 9.78 Å². The second-order valence-electron chi connectivity index (χ2n) is 4.85. The molecule has 2 N–H and O–H groups in total. The summed E-state index contributed by atoms with van der Waals surface area (Å²) in [6, 6.07) is 6.33. The van der Waals surface area contributed by atoms with E-state index in [0.29, 0.717) is 13.1 Å². The maximum absolute atomic E-state index is 5.66. The Morgan fingerprint density at radius 2 is 1.95 bits per heavy atom. The van der Waals surface area contributed by atoms with Crippen LogP contribution >= 0.6 is 0 Å². The first-order chi connectivity index (χ1) is 9.06. The number of aryl methyl sites for hydroxylation is 3. The highest BCUT2D eigenvalue weighted by Gasteiger charge is 2.14. The minimum Gasteiger partial charge on any atom is -0.496 e. The van der Waals surface area contributed by atoms with Gasteiger partial charge in [-0.15, -0.1) is 0 Å². The molecule has 0 unspecified atom stereocenters. The number of hydrogen-bond donors (Lipinski definition) is 1. The molecule has 19 heavy (non-hydrogen) atoms. The van der Waals surface area contributed by atoms with E-state index >= 15 is 0 Å². The third-order valence-corrected chi connectivity index (χ3v) is 3.14. The molecule has 1 heterocycles. The Labute approximate surface area is 114 Å². The smallest absolute Gasteiger partial charge is 0.131 e. The molecule has 0 spiro atoms. The SMILES string of the molecule is COc1c(C)cc(C)cc1-c1cc(C)nn1CCN. The molecule has 0 bridgehead atoms. The molecule has 102 valence electrons. The highest BCUT2D eigenvalue weighted by Crippen LogP contribution is 2.34. The molecule has 0 aliphatic rings. The van der Waals surface area contributed by atoms with Crippen LogP contribution in [0.5, 0.6) is 5.75 Å². The Hall–Kier alpha value is -1.81. The predicted molar refractivity (Wildman–Crippen MR) is 77.5 cm³/mol. The molecule has 0 amide bonds. The summed E-state index contributed by atoms with van der Waals surface area (Å²) < 4.78 is 7.51. The standard InChI is InChI=1S/C15H21N3O/c1-10-7-11(2)15(19-4)13(8-10)14-9-12(3)17-18(14)6-5-16/h7-9H,5-6,16H2,1-4H3. The van der Waals surface area contributed by atoms with Crippen molar-refractivity contribution in [2.45, 2.75) is 27.3 Å². The molecule has 1 aromatic carbocycles. The molecule has 0 saturated carbocycles. The zero-order valence-corrected chi connectivity index (χ0v) is 12.0. The van der Waals surface area contributed by atoms with E-state index in [0.717, 1.165) is 28.3 Å². The Bertz CT molecular complexity index is 587. The topological polar surface area (TPSA) is 53.1 Å². The molecule has 0 radical (unpaired) electrons. The summed E-state index contributed by atoms with van der Waals surface area (Å²) in [5.41, 5.74) is 11.1. The quantitative estimate of drug-likeness (QED) is 0.917. The van der Waals surface area contributed by atoms with Gasteiger partial charge < -0.3 is 10.5 Å². The van der Waals surface area contributed by atoms with Crippen LogP contribution in [0.1, 0.15) is 16.8 Å². The largest absolute Gasteiger partial charge is 0.496 e. The van der Waals surface area contributed by atoms with E-state index in [1.807, 2.05) is 11.6 Å². The number of nitrogens with zero attached hydrogens (tertiary/aromatic N) is 2. The number of ether oxygens (including phenoxy) is 1. The number of nitrogens with two attached hydrogens (primary N) is 1. The van der Waals surface area contributed by atoms with Crippen LogP contribution in [0.15, 0.2) is 18.2 Å². The van der Waals surface area contributed by atoms with Crippen molar-refractivity contribution in [2.75, 3.05) is 13.7 Å². The Morgan fingerprint density at radius 1 is 1.21 bits per heavy atom. The maximum Gasteiger partial charge on any atom is 0.131 e. The Balaban J connectivity index is 2.63. The number of aromatic nitrogens is 2. The first-order valence-electron chi connectivity index (χ1n) is 6.47. The van der Waals surface area contributed by atoms with E-state index < -0.39 is 0 Å². The van der Waals surface area contributed by atoms with Gasteiger partial charge in [-0.05, 0) is 44.0 Å². The van der Waals surface area contributed by atoms with Gasteiger partial charge in [0.1, 0.15) is 5.75 Å². The molecule has 2 rings (SSSR count). The Kier molecular flexibility index (Phi) is 3.90. The van der Waals surface area contributed by atoms with E-state index in [-0.39, 0.29) is 0 Å². The third-order valence-electron chi connectivity index (χ3n) is 3.14. The lowest BCUT2D eigenvalue weighted by Gasteiger charge is -2.14. The van der Waals surface area contributed by atoms with Gasteiger partial charge in [0.15, 0.2) is 0 Å². The van der Waals surface area contributed by atoms with E-state index in [1.165, 1.54) is 5.56 Å². The fraction of sp³-hybridized carbons (Fsp3) is 0.400. The van der Waals surface area contributed by atoms with Gasteiger partial charge >= 0.3 is 0 Å². The van der Waals surface area contributed by atoms with Crippen molar-refractivity contribution in [1.29, 1.82) is 0 Å². The van der Waals surface area contributed by atoms with Crippen LogP contribution in [0.3, 0.4) is 0 Å². The zero-order chi connectivity index (χ0) is 14.0. The van der Waals surface area contributed by atoms with Crippen LogP contribution in [-0.4, -0.2) is 23.4 Å². The van der Waals surface area contributed by atoms with Crippen LogP contribution in [0.4, 0.5) is 0 Å². The summed E-state index contributed by atoms with van der Waals surface area (Å²) in [5.74, 6) is 0.906. The van der Waals surface area contributed by atoms with Crippen molar-refractivity contribution in [3.63, 3.8) is 0 Å². The summed E-state index contributed by atoms with van der Waals surface area (Å²) in [6.45, 7) is 7.42. The first kappa shape index (κ1) is 13.6. The molecule has 0 saturated heterocycles. The van der Waals surface area contributed by atoms with Crippen molar-refractivity contribution < 1.29 is 4.74 Å². The summed E-state index contributed by atoms with van der Waals surface area (Å²) in [6.07, 6.45) is 0. The molecular formula is C15H21N3O. The summed E-state index contributed by atoms with van der Waals surface area (Å²) in [5, 5.41) is 4.49. The lowest BCUT2D eigenvalue weighted by molar-refractivity contribution is 0.412. The minimum absolute atomic E-state index is 0.571. The van der Waals surface area contributed by atoms with Crippen molar-refractivity contribution in [3.8, 4) is 17.0 Å². The van der Waals surface area contributed by atoms with Gasteiger partial charge in [-0.1, -0.05) is 6.07 Å². The molecule has 0 fully saturated rings. The van der Waals surface area contributed by atoms with E-state index in [1.54, 1.807) is 7.11 Å². The van der Waals surface area contributed by atoms with Gasteiger partial charge in [-0.2, -0.15) is 5.10 Å². The van der Waals surface area contributed by atoms with Crippen LogP contribution in [0.2, 0.25) is 0 Å². The van der Waals surface area contributed by atoms with Crippen molar-refractivity contribution >= 4 is 0 Å². The fourth-order valence-electron chi connectivity index (χ4n) is 2.47. The van der Waals surface area contributed by atoms with Gasteiger partial charge in [0.25, 0.3) is 0 Å². The molecule has 2 aromatic rings. The highest BCUT2D eigenvalue weighted by atomic mass is 16.5. The van der Waals surface area contributed by atoms with E-state index in [2.05, 4.69) is 37.1 Å².